The van der Waals surface area contributed by atoms with Gasteiger partial charge in [0.1, 0.15) is 0 Å². The number of nitro benzene ring substituents is 1. The van der Waals surface area contributed by atoms with Crippen molar-refractivity contribution in [3.63, 3.8) is 0 Å². The highest BCUT2D eigenvalue weighted by Gasteiger charge is 2.20. The number of non-ortho nitro benzene ring substituents is 1. The predicted molar refractivity (Wildman–Crippen MR) is 70.0 cm³/mol. The number of rotatable bonds is 4. The zero-order chi connectivity index (χ0) is 14.0. The van der Waals surface area contributed by atoms with Gasteiger partial charge in [-0.15, -0.1) is 0 Å². The molecule has 0 radical (unpaired) electrons. The Morgan fingerprint density at radius 2 is 2.11 bits per heavy atom. The molecule has 0 aliphatic rings. The third-order valence-electron chi connectivity index (χ3n) is 3.01. The summed E-state index contributed by atoms with van der Waals surface area (Å²) < 4.78 is 0. The molecule has 1 N–H and O–H groups in total. The number of hydrogen-bond donors (Lipinski definition) is 1. The Labute approximate surface area is 109 Å². The maximum Gasteiger partial charge on any atom is 0.274 e. The number of H-pyrrole nitrogens is 1. The molecule has 0 saturated carbocycles. The lowest BCUT2D eigenvalue weighted by Gasteiger charge is -2.17. The SMILES string of the molecule is CCN(CC)C(=O)c1n[nH]c2ccc([N+](=O)[O-])cc12. The van der Waals surface area contributed by atoms with E-state index in [0.717, 1.165) is 0 Å². The summed E-state index contributed by atoms with van der Waals surface area (Å²) >= 11 is 0. The molecule has 0 saturated heterocycles. The van der Waals surface area contributed by atoms with E-state index in [1.807, 2.05) is 13.8 Å². The van der Waals surface area contributed by atoms with Gasteiger partial charge < -0.3 is 4.90 Å². The van der Waals surface area contributed by atoms with Crippen LogP contribution < -0.4 is 0 Å². The summed E-state index contributed by atoms with van der Waals surface area (Å²) in [4.78, 5) is 24.1. The van der Waals surface area contributed by atoms with Crippen molar-refractivity contribution in [3.05, 3.63) is 34.0 Å². The fourth-order valence-corrected chi connectivity index (χ4v) is 1.94. The first-order valence-electron chi connectivity index (χ1n) is 6.00. The summed E-state index contributed by atoms with van der Waals surface area (Å²) in [6, 6.07) is 4.31. The van der Waals surface area contributed by atoms with Crippen LogP contribution in [0.15, 0.2) is 18.2 Å². The maximum atomic E-state index is 12.2. The van der Waals surface area contributed by atoms with Crippen molar-refractivity contribution in [1.29, 1.82) is 0 Å². The molecule has 0 atom stereocenters. The van der Waals surface area contributed by atoms with Crippen LogP contribution in [0.5, 0.6) is 0 Å². The Balaban J connectivity index is 2.52. The third-order valence-corrected chi connectivity index (χ3v) is 3.01. The highest BCUT2D eigenvalue weighted by molar-refractivity contribution is 6.05. The second-order valence-electron chi connectivity index (χ2n) is 4.04. The van der Waals surface area contributed by atoms with Gasteiger partial charge in [0.05, 0.1) is 10.4 Å². The average molecular weight is 262 g/mol. The number of aromatic nitrogens is 2. The van der Waals surface area contributed by atoms with Crippen molar-refractivity contribution in [2.24, 2.45) is 0 Å². The van der Waals surface area contributed by atoms with Crippen LogP contribution in [0.25, 0.3) is 10.9 Å². The summed E-state index contributed by atoms with van der Waals surface area (Å²) in [6.07, 6.45) is 0. The van der Waals surface area contributed by atoms with Crippen molar-refractivity contribution in [1.82, 2.24) is 15.1 Å². The number of aromatic amines is 1. The molecule has 0 spiro atoms. The lowest BCUT2D eigenvalue weighted by atomic mass is 10.1. The van der Waals surface area contributed by atoms with Crippen LogP contribution >= 0.6 is 0 Å². The van der Waals surface area contributed by atoms with Crippen LogP contribution in [0, 0.1) is 10.1 Å². The molecule has 0 fully saturated rings. The molecule has 2 aromatic rings. The van der Waals surface area contributed by atoms with Gasteiger partial charge in [-0.2, -0.15) is 5.10 Å². The summed E-state index contributed by atoms with van der Waals surface area (Å²) in [7, 11) is 0. The van der Waals surface area contributed by atoms with E-state index >= 15 is 0 Å². The molecule has 1 amide bonds. The molecule has 7 heteroatoms. The number of hydrogen-bond acceptors (Lipinski definition) is 4. The standard InChI is InChI=1S/C12H14N4O3/c1-3-15(4-2)12(17)11-9-7-8(16(18)19)5-6-10(9)13-14-11/h5-7H,3-4H2,1-2H3,(H,13,14). The Hall–Kier alpha value is -2.44. The Morgan fingerprint density at radius 3 is 2.68 bits per heavy atom. The van der Waals surface area contributed by atoms with Crippen LogP contribution in [0.1, 0.15) is 24.3 Å². The van der Waals surface area contributed by atoms with Crippen LogP contribution in [0.2, 0.25) is 0 Å². The molecule has 7 nitrogen and oxygen atoms in total. The van der Waals surface area contributed by atoms with E-state index in [0.29, 0.717) is 24.0 Å². The summed E-state index contributed by atoms with van der Waals surface area (Å²) in [5.41, 5.74) is 0.783. The number of carbonyl (C=O) groups is 1. The molecule has 0 unspecified atom stereocenters. The smallest absolute Gasteiger partial charge is 0.274 e. The lowest BCUT2D eigenvalue weighted by molar-refractivity contribution is -0.384. The number of nitrogens with one attached hydrogen (secondary N) is 1. The molecule has 0 aliphatic carbocycles. The maximum absolute atomic E-state index is 12.2. The van der Waals surface area contributed by atoms with Gasteiger partial charge >= 0.3 is 0 Å². The quantitative estimate of drug-likeness (QED) is 0.673. The van der Waals surface area contributed by atoms with Gasteiger partial charge in [-0.1, -0.05) is 0 Å². The summed E-state index contributed by atoms with van der Waals surface area (Å²) in [6.45, 7) is 4.88. The van der Waals surface area contributed by atoms with E-state index in [1.165, 1.54) is 12.1 Å². The van der Waals surface area contributed by atoms with E-state index < -0.39 is 4.92 Å². The molecule has 0 aliphatic heterocycles. The first-order valence-corrected chi connectivity index (χ1v) is 6.00. The normalized spacial score (nSPS) is 10.6. The summed E-state index contributed by atoms with van der Waals surface area (Å²) in [5.74, 6) is -0.225. The molecule has 1 aromatic carbocycles. The van der Waals surface area contributed by atoms with Crippen molar-refractivity contribution in [3.8, 4) is 0 Å². The van der Waals surface area contributed by atoms with Crippen LogP contribution in [0.3, 0.4) is 0 Å². The van der Waals surface area contributed by atoms with Crippen molar-refractivity contribution in [2.45, 2.75) is 13.8 Å². The predicted octanol–water partition coefficient (Wildman–Crippen LogP) is 1.95. The molecule has 1 aromatic heterocycles. The largest absolute Gasteiger partial charge is 0.338 e. The van der Waals surface area contributed by atoms with Crippen LogP contribution in [0.4, 0.5) is 5.69 Å². The minimum Gasteiger partial charge on any atom is -0.338 e. The third kappa shape index (κ3) is 2.26. The highest BCUT2D eigenvalue weighted by Crippen LogP contribution is 2.22. The fourth-order valence-electron chi connectivity index (χ4n) is 1.94. The van der Waals surface area contributed by atoms with Crippen LogP contribution in [-0.4, -0.2) is 39.0 Å². The minimum atomic E-state index is -0.488. The lowest BCUT2D eigenvalue weighted by Crippen LogP contribution is -2.30. The monoisotopic (exact) mass is 262 g/mol. The second kappa shape index (κ2) is 5.05. The van der Waals surface area contributed by atoms with Crippen LogP contribution in [-0.2, 0) is 0 Å². The molecule has 0 bridgehead atoms. The van der Waals surface area contributed by atoms with E-state index in [2.05, 4.69) is 10.2 Å². The minimum absolute atomic E-state index is 0.0532. The number of carbonyl (C=O) groups excluding carboxylic acids is 1. The van der Waals surface area contributed by atoms with E-state index in [9.17, 15) is 14.9 Å². The molecule has 100 valence electrons. The number of fused-ring (bicyclic) bond motifs is 1. The Bertz CT molecular complexity index is 631. The average Bonchev–Trinajstić information content (AvgIpc) is 2.82. The number of nitrogens with zero attached hydrogens (tertiary/aromatic N) is 3. The Kier molecular flexibility index (Phi) is 3.46. The number of amides is 1. The first kappa shape index (κ1) is 13.0. The van der Waals surface area contributed by atoms with E-state index in [1.54, 1.807) is 11.0 Å². The van der Waals surface area contributed by atoms with Gasteiger partial charge in [-0.3, -0.25) is 20.0 Å². The summed E-state index contributed by atoms with van der Waals surface area (Å²) in [5, 5.41) is 17.9. The van der Waals surface area contributed by atoms with Gasteiger partial charge in [0.15, 0.2) is 5.69 Å². The van der Waals surface area contributed by atoms with Gasteiger partial charge in [0.2, 0.25) is 0 Å². The Morgan fingerprint density at radius 1 is 1.42 bits per heavy atom. The van der Waals surface area contributed by atoms with Gasteiger partial charge in [0, 0.05) is 30.6 Å². The highest BCUT2D eigenvalue weighted by atomic mass is 16.6. The number of benzene rings is 1. The zero-order valence-electron chi connectivity index (χ0n) is 10.7. The second-order valence-corrected chi connectivity index (χ2v) is 4.04. The fraction of sp³-hybridized carbons (Fsp3) is 0.333. The topological polar surface area (TPSA) is 92.1 Å². The van der Waals surface area contributed by atoms with E-state index in [-0.39, 0.29) is 17.3 Å². The van der Waals surface area contributed by atoms with Gasteiger partial charge in [-0.25, -0.2) is 0 Å². The zero-order valence-corrected chi connectivity index (χ0v) is 10.7. The number of nitro groups is 1. The molecule has 2 rings (SSSR count). The van der Waals surface area contributed by atoms with Crippen molar-refractivity contribution < 1.29 is 9.72 Å². The van der Waals surface area contributed by atoms with E-state index in [4.69, 9.17) is 0 Å². The molecular formula is C12H14N4O3. The molecular weight excluding hydrogens is 248 g/mol. The van der Waals surface area contributed by atoms with Gasteiger partial charge in [-0.05, 0) is 19.9 Å². The molecule has 19 heavy (non-hydrogen) atoms. The van der Waals surface area contributed by atoms with Crippen molar-refractivity contribution >= 4 is 22.5 Å². The molecule has 1 heterocycles. The first-order chi connectivity index (χ1) is 9.08. The van der Waals surface area contributed by atoms with Crippen molar-refractivity contribution in [2.75, 3.05) is 13.1 Å². The van der Waals surface area contributed by atoms with Gasteiger partial charge in [0.25, 0.3) is 11.6 Å².